The van der Waals surface area contributed by atoms with Crippen molar-refractivity contribution in [2.45, 2.75) is 38.1 Å². The van der Waals surface area contributed by atoms with E-state index < -0.39 is 11.6 Å². The lowest BCUT2D eigenvalue weighted by Crippen LogP contribution is -2.54. The Morgan fingerprint density at radius 3 is 2.35 bits per heavy atom. The van der Waals surface area contributed by atoms with Crippen molar-refractivity contribution in [1.82, 2.24) is 5.32 Å². The van der Waals surface area contributed by atoms with Crippen molar-refractivity contribution >= 4 is 23.5 Å². The number of carbonyl (C=O) groups excluding carboxylic acids is 2. The number of Topliss-reactive ketones (excluding diaryl/α,β-unsaturated/α-hetero) is 1. The maximum Gasteiger partial charge on any atom is 0.413 e. The molecule has 26 heavy (non-hydrogen) atoms. The minimum absolute atomic E-state index is 0.0491. The van der Waals surface area contributed by atoms with Crippen molar-refractivity contribution in [3.8, 4) is 5.75 Å². The topological polar surface area (TPSA) is 55.4 Å². The van der Waals surface area contributed by atoms with Crippen LogP contribution in [0.1, 0.15) is 36.8 Å². The normalized spacial score (nSPS) is 19.1. The highest BCUT2D eigenvalue weighted by atomic mass is 35.5. The van der Waals surface area contributed by atoms with Gasteiger partial charge in [-0.25, -0.2) is 4.79 Å². The molecule has 3 rings (SSSR count). The molecule has 1 saturated carbocycles. The van der Waals surface area contributed by atoms with Crippen LogP contribution >= 0.6 is 11.6 Å². The van der Waals surface area contributed by atoms with E-state index in [1.165, 1.54) is 6.38 Å². The number of ether oxygens (including phenoxy) is 1. The summed E-state index contributed by atoms with van der Waals surface area (Å²) >= 11 is 4.64. The predicted molar refractivity (Wildman–Crippen MR) is 104 cm³/mol. The summed E-state index contributed by atoms with van der Waals surface area (Å²) in [5.74, 6) is 0.506. The van der Waals surface area contributed by atoms with Gasteiger partial charge in [-0.3, -0.25) is 4.79 Å². The first-order chi connectivity index (χ1) is 12.6. The molecule has 0 bridgehead atoms. The molecular formula is C21H24ClNO3. The Morgan fingerprint density at radius 1 is 1.04 bits per heavy atom. The van der Waals surface area contributed by atoms with E-state index in [4.69, 9.17) is 4.74 Å². The van der Waals surface area contributed by atoms with Gasteiger partial charge in [-0.2, -0.15) is 0 Å². The number of carbonyl (C=O) groups is 2. The van der Waals surface area contributed by atoms with Crippen molar-refractivity contribution < 1.29 is 14.3 Å². The zero-order valence-corrected chi connectivity index (χ0v) is 15.9. The first-order valence-corrected chi connectivity index (χ1v) is 9.40. The van der Waals surface area contributed by atoms with Crippen LogP contribution in [0.15, 0.2) is 54.6 Å². The second-order valence-corrected chi connectivity index (χ2v) is 6.18. The molecule has 0 heterocycles. The third-order valence-corrected chi connectivity index (χ3v) is 4.56. The molecule has 0 aromatic heterocycles. The van der Waals surface area contributed by atoms with E-state index in [0.29, 0.717) is 18.6 Å². The van der Waals surface area contributed by atoms with Crippen molar-refractivity contribution in [2.24, 2.45) is 0 Å². The molecule has 0 aliphatic heterocycles. The minimum Gasteiger partial charge on any atom is -0.410 e. The van der Waals surface area contributed by atoms with Gasteiger partial charge in [-0.05, 0) is 49.4 Å². The van der Waals surface area contributed by atoms with Gasteiger partial charge in [0.05, 0.1) is 0 Å². The van der Waals surface area contributed by atoms with E-state index in [0.717, 1.165) is 24.0 Å². The van der Waals surface area contributed by atoms with Gasteiger partial charge in [0, 0.05) is 12.8 Å². The second-order valence-electron chi connectivity index (χ2n) is 6.18. The predicted octanol–water partition coefficient (Wildman–Crippen LogP) is 4.98. The number of benzene rings is 2. The fourth-order valence-electron chi connectivity index (χ4n) is 3.36. The van der Waals surface area contributed by atoms with Gasteiger partial charge < -0.3 is 10.1 Å². The Labute approximate surface area is 159 Å². The number of halogens is 1. The first kappa shape index (κ1) is 20.0. The molecule has 1 atom stereocenters. The Hall–Kier alpha value is -2.33. The van der Waals surface area contributed by atoms with Crippen LogP contribution in [-0.2, 0) is 10.3 Å². The highest BCUT2D eigenvalue weighted by molar-refractivity contribution is 6.15. The minimum atomic E-state index is -0.991. The summed E-state index contributed by atoms with van der Waals surface area (Å²) in [6.45, 7) is 1.96. The van der Waals surface area contributed by atoms with E-state index in [1.807, 2.05) is 37.3 Å². The van der Waals surface area contributed by atoms with Gasteiger partial charge in [0.2, 0.25) is 0 Å². The number of hydrogen-bond donors (Lipinski definition) is 1. The molecule has 0 radical (unpaired) electrons. The largest absolute Gasteiger partial charge is 0.413 e. The summed E-state index contributed by atoms with van der Waals surface area (Å²) in [4.78, 5) is 25.2. The lowest BCUT2D eigenvalue weighted by atomic mass is 9.74. The van der Waals surface area contributed by atoms with E-state index in [2.05, 4.69) is 16.9 Å². The van der Waals surface area contributed by atoms with Gasteiger partial charge in [0.1, 0.15) is 11.3 Å². The van der Waals surface area contributed by atoms with Crippen LogP contribution in [0.3, 0.4) is 0 Å². The average Bonchev–Trinajstić information content (AvgIpc) is 2.66. The van der Waals surface area contributed by atoms with Gasteiger partial charge in [-0.1, -0.05) is 42.5 Å². The molecule has 138 valence electrons. The molecule has 2 aromatic carbocycles. The van der Waals surface area contributed by atoms with Crippen LogP contribution in [0.5, 0.6) is 5.75 Å². The third kappa shape index (κ3) is 4.44. The van der Waals surface area contributed by atoms with Crippen molar-refractivity contribution in [3.63, 3.8) is 0 Å². The summed E-state index contributed by atoms with van der Waals surface area (Å²) in [5.41, 5.74) is 0.864. The van der Waals surface area contributed by atoms with Crippen molar-refractivity contribution in [1.29, 1.82) is 0 Å². The fourth-order valence-corrected chi connectivity index (χ4v) is 3.36. The first-order valence-electron chi connectivity index (χ1n) is 8.64. The molecule has 1 fully saturated rings. The Bertz CT molecular complexity index is 748. The molecule has 0 spiro atoms. The number of nitrogens with one attached hydrogen (secondary N) is 1. The summed E-state index contributed by atoms with van der Waals surface area (Å²) in [6, 6.07) is 16.6. The number of amides is 1. The number of ketones is 1. The number of alkyl halides is 1. The molecule has 1 amide bonds. The highest BCUT2D eigenvalue weighted by Gasteiger charge is 2.44. The SMILES string of the molecule is CCl.Cc1ccccc1C1(NC(=O)Oc2ccccc2)CCCCC1=O. The van der Waals surface area contributed by atoms with Crippen LogP contribution < -0.4 is 10.1 Å². The summed E-state index contributed by atoms with van der Waals surface area (Å²) in [7, 11) is 0. The monoisotopic (exact) mass is 373 g/mol. The number of hydrogen-bond acceptors (Lipinski definition) is 3. The molecule has 1 unspecified atom stereocenters. The van der Waals surface area contributed by atoms with E-state index in [9.17, 15) is 9.59 Å². The van der Waals surface area contributed by atoms with Crippen molar-refractivity contribution in [3.05, 3.63) is 65.7 Å². The van der Waals surface area contributed by atoms with Gasteiger partial charge in [-0.15, -0.1) is 11.6 Å². The van der Waals surface area contributed by atoms with Crippen LogP contribution in [0.2, 0.25) is 0 Å². The Balaban J connectivity index is 0.00000117. The molecule has 1 aliphatic carbocycles. The van der Waals surface area contributed by atoms with Crippen molar-refractivity contribution in [2.75, 3.05) is 6.38 Å². The van der Waals surface area contributed by atoms with E-state index >= 15 is 0 Å². The molecular weight excluding hydrogens is 350 g/mol. The highest BCUT2D eigenvalue weighted by Crippen LogP contribution is 2.36. The summed E-state index contributed by atoms with van der Waals surface area (Å²) in [5, 5.41) is 2.88. The standard InChI is InChI=1S/C20H21NO3.CH3Cl/c1-15-9-5-6-12-17(15)20(14-8-7-13-18(20)22)21-19(23)24-16-10-3-2-4-11-16;1-2/h2-6,9-12H,7-8,13-14H2,1H3,(H,21,23);1H3. The Morgan fingerprint density at radius 2 is 1.69 bits per heavy atom. The van der Waals surface area contributed by atoms with Gasteiger partial charge in [0.15, 0.2) is 5.78 Å². The van der Waals surface area contributed by atoms with Crippen LogP contribution in [-0.4, -0.2) is 18.3 Å². The number of rotatable bonds is 3. The maximum atomic E-state index is 12.8. The Kier molecular flexibility index (Phi) is 7.22. The fraction of sp³-hybridized carbons (Fsp3) is 0.333. The van der Waals surface area contributed by atoms with Gasteiger partial charge >= 0.3 is 6.09 Å². The lowest BCUT2D eigenvalue weighted by Gasteiger charge is -2.37. The van der Waals surface area contributed by atoms with Crippen LogP contribution in [0.4, 0.5) is 4.79 Å². The average molecular weight is 374 g/mol. The third-order valence-electron chi connectivity index (χ3n) is 4.56. The molecule has 2 aromatic rings. The quantitative estimate of drug-likeness (QED) is 0.772. The zero-order chi connectivity index (χ0) is 19.0. The molecule has 5 heteroatoms. The zero-order valence-electron chi connectivity index (χ0n) is 15.1. The number of aryl methyl sites for hydroxylation is 1. The van der Waals surface area contributed by atoms with Crippen LogP contribution in [0, 0.1) is 6.92 Å². The number of para-hydroxylation sites is 1. The second kappa shape index (κ2) is 9.39. The summed E-state index contributed by atoms with van der Waals surface area (Å²) in [6.07, 6.45) is 3.70. The van der Waals surface area contributed by atoms with Gasteiger partial charge in [0.25, 0.3) is 0 Å². The molecule has 4 nitrogen and oxygen atoms in total. The van der Waals surface area contributed by atoms with Crippen LogP contribution in [0.25, 0.3) is 0 Å². The molecule has 1 N–H and O–H groups in total. The smallest absolute Gasteiger partial charge is 0.410 e. The lowest BCUT2D eigenvalue weighted by molar-refractivity contribution is -0.127. The van der Waals surface area contributed by atoms with E-state index in [-0.39, 0.29) is 5.78 Å². The molecule has 1 aliphatic rings. The van der Waals surface area contributed by atoms with E-state index in [1.54, 1.807) is 24.3 Å². The maximum absolute atomic E-state index is 12.8. The molecule has 0 saturated heterocycles. The summed E-state index contributed by atoms with van der Waals surface area (Å²) < 4.78 is 5.35.